The van der Waals surface area contributed by atoms with Gasteiger partial charge in [0.1, 0.15) is 5.75 Å². The number of urea groups is 1. The van der Waals surface area contributed by atoms with Gasteiger partial charge in [-0.05, 0) is 30.9 Å². The van der Waals surface area contributed by atoms with Crippen LogP contribution in [0.3, 0.4) is 0 Å². The lowest BCUT2D eigenvalue weighted by molar-refractivity contribution is 0.0883. The molecule has 1 saturated heterocycles. The van der Waals surface area contributed by atoms with Gasteiger partial charge in [0, 0.05) is 24.8 Å². The molecule has 2 amide bonds. The van der Waals surface area contributed by atoms with Crippen LogP contribution in [0.5, 0.6) is 5.75 Å². The molecule has 1 aromatic rings. The minimum atomic E-state index is -0.412. The first-order chi connectivity index (χ1) is 10.0. The molecule has 1 heterocycles. The van der Waals surface area contributed by atoms with Crippen LogP contribution >= 0.6 is 0 Å². The molecule has 5 nitrogen and oxygen atoms in total. The van der Waals surface area contributed by atoms with Crippen LogP contribution in [0.4, 0.5) is 10.5 Å². The molecule has 1 aliphatic heterocycles. The Morgan fingerprint density at radius 3 is 3.05 bits per heavy atom. The quantitative estimate of drug-likeness (QED) is 0.897. The highest BCUT2D eigenvalue weighted by molar-refractivity contribution is 5.89. The molecular formula is C16H24N2O3. The number of amides is 2. The molecule has 0 aliphatic carbocycles. The Morgan fingerprint density at radius 1 is 1.52 bits per heavy atom. The molecule has 21 heavy (non-hydrogen) atoms. The molecule has 1 aliphatic rings. The van der Waals surface area contributed by atoms with Gasteiger partial charge in [-0.3, -0.25) is 0 Å². The monoisotopic (exact) mass is 292 g/mol. The maximum absolute atomic E-state index is 12.2. The lowest BCUT2D eigenvalue weighted by atomic mass is 10.1. The summed E-state index contributed by atoms with van der Waals surface area (Å²) in [6.07, 6.45) is 1.19. The Labute approximate surface area is 125 Å². The van der Waals surface area contributed by atoms with E-state index >= 15 is 0 Å². The Morgan fingerprint density at radius 2 is 2.33 bits per heavy atom. The highest BCUT2D eigenvalue weighted by Gasteiger charge is 2.21. The van der Waals surface area contributed by atoms with E-state index in [0.717, 1.165) is 18.6 Å². The van der Waals surface area contributed by atoms with E-state index in [1.807, 2.05) is 24.3 Å². The third kappa shape index (κ3) is 4.93. The van der Waals surface area contributed by atoms with Crippen molar-refractivity contribution in [1.82, 2.24) is 4.90 Å². The highest BCUT2D eigenvalue weighted by Crippen LogP contribution is 2.19. The largest absolute Gasteiger partial charge is 0.493 e. The van der Waals surface area contributed by atoms with E-state index in [4.69, 9.17) is 4.74 Å². The molecule has 1 fully saturated rings. The average Bonchev–Trinajstić information content (AvgIpc) is 2.45. The standard InChI is InChI=1S/C16H24N2O3/c1-12(2)11-21-15-7-3-5-13(9-15)17-16(20)18-8-4-6-14(19)10-18/h3,5,7,9,12,14,19H,4,6,8,10-11H2,1-2H3,(H,17,20). The van der Waals surface area contributed by atoms with Crippen molar-refractivity contribution in [2.75, 3.05) is 25.0 Å². The van der Waals surface area contributed by atoms with E-state index < -0.39 is 6.10 Å². The van der Waals surface area contributed by atoms with E-state index in [9.17, 15) is 9.90 Å². The van der Waals surface area contributed by atoms with E-state index in [1.165, 1.54) is 0 Å². The van der Waals surface area contributed by atoms with E-state index in [1.54, 1.807) is 4.90 Å². The third-order valence-electron chi connectivity index (χ3n) is 3.35. The highest BCUT2D eigenvalue weighted by atomic mass is 16.5. The zero-order valence-corrected chi connectivity index (χ0v) is 12.7. The maximum Gasteiger partial charge on any atom is 0.321 e. The van der Waals surface area contributed by atoms with Crippen LogP contribution in [-0.2, 0) is 0 Å². The van der Waals surface area contributed by atoms with Gasteiger partial charge in [-0.25, -0.2) is 4.79 Å². The predicted molar refractivity (Wildman–Crippen MR) is 82.6 cm³/mol. The summed E-state index contributed by atoms with van der Waals surface area (Å²) in [4.78, 5) is 13.8. The fourth-order valence-electron chi connectivity index (χ4n) is 2.27. The molecule has 5 heteroatoms. The summed E-state index contributed by atoms with van der Waals surface area (Å²) in [5.74, 6) is 1.21. The van der Waals surface area contributed by atoms with Gasteiger partial charge in [-0.1, -0.05) is 19.9 Å². The maximum atomic E-state index is 12.2. The van der Waals surface area contributed by atoms with Gasteiger partial charge in [0.15, 0.2) is 0 Å². The number of likely N-dealkylation sites (tertiary alicyclic amines) is 1. The van der Waals surface area contributed by atoms with Gasteiger partial charge in [0.05, 0.1) is 12.7 Å². The molecule has 1 unspecified atom stereocenters. The predicted octanol–water partition coefficient (Wildman–Crippen LogP) is 2.71. The van der Waals surface area contributed by atoms with Crippen LogP contribution in [-0.4, -0.2) is 41.8 Å². The number of ether oxygens (including phenoxy) is 1. The number of nitrogens with zero attached hydrogens (tertiary/aromatic N) is 1. The van der Waals surface area contributed by atoms with E-state index in [-0.39, 0.29) is 6.03 Å². The van der Waals surface area contributed by atoms with Gasteiger partial charge in [-0.15, -0.1) is 0 Å². The number of piperidine rings is 1. The molecule has 116 valence electrons. The topological polar surface area (TPSA) is 61.8 Å². The summed E-state index contributed by atoms with van der Waals surface area (Å²) in [7, 11) is 0. The van der Waals surface area contributed by atoms with Crippen LogP contribution < -0.4 is 10.1 Å². The van der Waals surface area contributed by atoms with Gasteiger partial charge in [0.2, 0.25) is 0 Å². The molecular weight excluding hydrogens is 268 g/mol. The van der Waals surface area contributed by atoms with Gasteiger partial charge in [-0.2, -0.15) is 0 Å². The van der Waals surface area contributed by atoms with E-state index in [0.29, 0.717) is 31.3 Å². The van der Waals surface area contributed by atoms with Crippen molar-refractivity contribution >= 4 is 11.7 Å². The Hall–Kier alpha value is -1.75. The number of anilines is 1. The van der Waals surface area contributed by atoms with Crippen LogP contribution in [0.2, 0.25) is 0 Å². The van der Waals surface area contributed by atoms with Gasteiger partial charge < -0.3 is 20.1 Å². The number of aliphatic hydroxyl groups is 1. The number of nitrogens with one attached hydrogen (secondary N) is 1. The third-order valence-corrected chi connectivity index (χ3v) is 3.35. The van der Waals surface area contributed by atoms with Crippen molar-refractivity contribution in [2.24, 2.45) is 5.92 Å². The number of hydrogen-bond acceptors (Lipinski definition) is 3. The minimum absolute atomic E-state index is 0.172. The Balaban J connectivity index is 1.92. The van der Waals surface area contributed by atoms with Crippen molar-refractivity contribution in [3.05, 3.63) is 24.3 Å². The molecule has 0 aromatic heterocycles. The number of β-amino-alcohol motifs (C(OH)–C–C–N with tert-alkyl or cyclic N) is 1. The van der Waals surface area contributed by atoms with Crippen molar-refractivity contribution in [2.45, 2.75) is 32.8 Å². The fraction of sp³-hybridized carbons (Fsp3) is 0.562. The molecule has 0 spiro atoms. The van der Waals surface area contributed by atoms with Crippen LogP contribution in [0, 0.1) is 5.92 Å². The molecule has 0 saturated carbocycles. The van der Waals surface area contributed by atoms with Crippen molar-refractivity contribution in [3.63, 3.8) is 0 Å². The zero-order chi connectivity index (χ0) is 15.2. The van der Waals surface area contributed by atoms with Crippen LogP contribution in [0.25, 0.3) is 0 Å². The van der Waals surface area contributed by atoms with Crippen LogP contribution in [0.15, 0.2) is 24.3 Å². The van der Waals surface area contributed by atoms with Crippen molar-refractivity contribution < 1.29 is 14.6 Å². The summed E-state index contributed by atoms with van der Waals surface area (Å²) in [6, 6.07) is 7.22. The zero-order valence-electron chi connectivity index (χ0n) is 12.7. The Bertz CT molecular complexity index is 476. The first-order valence-corrected chi connectivity index (χ1v) is 7.51. The second-order valence-corrected chi connectivity index (χ2v) is 5.90. The van der Waals surface area contributed by atoms with Crippen molar-refractivity contribution in [3.8, 4) is 5.75 Å². The first kappa shape index (κ1) is 15.6. The van der Waals surface area contributed by atoms with E-state index in [2.05, 4.69) is 19.2 Å². The number of aliphatic hydroxyl groups excluding tert-OH is 1. The number of carbonyl (C=O) groups is 1. The summed E-state index contributed by atoms with van der Waals surface area (Å²) < 4.78 is 5.65. The number of rotatable bonds is 4. The number of benzene rings is 1. The molecule has 1 aromatic carbocycles. The normalized spacial score (nSPS) is 18.7. The summed E-state index contributed by atoms with van der Waals surface area (Å²) in [6.45, 7) is 5.91. The minimum Gasteiger partial charge on any atom is -0.493 e. The molecule has 0 bridgehead atoms. The SMILES string of the molecule is CC(C)COc1cccc(NC(=O)N2CCCC(O)C2)c1. The average molecular weight is 292 g/mol. The summed E-state index contributed by atoms with van der Waals surface area (Å²) in [5.41, 5.74) is 0.710. The van der Waals surface area contributed by atoms with Crippen LogP contribution in [0.1, 0.15) is 26.7 Å². The summed E-state index contributed by atoms with van der Waals surface area (Å²) >= 11 is 0. The second-order valence-electron chi connectivity index (χ2n) is 5.90. The van der Waals surface area contributed by atoms with Crippen molar-refractivity contribution in [1.29, 1.82) is 0 Å². The number of carbonyl (C=O) groups excluding carboxylic acids is 1. The second kappa shape index (κ2) is 7.31. The molecule has 1 atom stereocenters. The number of hydrogen-bond donors (Lipinski definition) is 2. The van der Waals surface area contributed by atoms with Gasteiger partial charge in [0.25, 0.3) is 0 Å². The lowest BCUT2D eigenvalue weighted by Gasteiger charge is -2.30. The molecule has 0 radical (unpaired) electrons. The van der Waals surface area contributed by atoms with Gasteiger partial charge >= 0.3 is 6.03 Å². The molecule has 2 rings (SSSR count). The Kier molecular flexibility index (Phi) is 5.44. The molecule has 2 N–H and O–H groups in total. The smallest absolute Gasteiger partial charge is 0.321 e. The summed E-state index contributed by atoms with van der Waals surface area (Å²) in [5, 5.41) is 12.5. The first-order valence-electron chi connectivity index (χ1n) is 7.51. The fourth-order valence-corrected chi connectivity index (χ4v) is 2.27. The lowest BCUT2D eigenvalue weighted by Crippen LogP contribution is -2.44.